The van der Waals surface area contributed by atoms with E-state index in [1.807, 2.05) is 0 Å². The molecule has 0 aliphatic carbocycles. The van der Waals surface area contributed by atoms with Crippen molar-refractivity contribution in [3.05, 3.63) is 42.0 Å². The molecule has 0 aliphatic heterocycles. The van der Waals surface area contributed by atoms with Crippen molar-refractivity contribution in [2.24, 2.45) is 0 Å². The molecule has 0 aromatic heterocycles. The Hall–Kier alpha value is -1.78. The Labute approximate surface area is 83.7 Å². The second-order valence-corrected chi connectivity index (χ2v) is 2.77. The van der Waals surface area contributed by atoms with Gasteiger partial charge in [-0.1, -0.05) is 30.3 Å². The van der Waals surface area contributed by atoms with Crippen molar-refractivity contribution in [3.63, 3.8) is 0 Å². The van der Waals surface area contributed by atoms with Gasteiger partial charge in [0.15, 0.2) is 0 Å². The van der Waals surface area contributed by atoms with Crippen LogP contribution < -0.4 is 0 Å². The first-order valence-electron chi connectivity index (χ1n) is 3.98. The molecule has 1 rings (SSSR count). The summed E-state index contributed by atoms with van der Waals surface area (Å²) in [5.74, 6) is -1.60. The normalized spacial score (nSPS) is 12.6. The molecular weight excluding hydrogens is 209 g/mol. The van der Waals surface area contributed by atoms with E-state index in [0.29, 0.717) is 0 Å². The van der Waals surface area contributed by atoms with Gasteiger partial charge in [-0.3, -0.25) is 0 Å². The molecule has 0 fully saturated rings. The fourth-order valence-corrected chi connectivity index (χ4v) is 1.05. The first-order valence-corrected chi connectivity index (χ1v) is 3.98. The van der Waals surface area contributed by atoms with E-state index in [0.717, 1.165) is 0 Å². The van der Waals surface area contributed by atoms with Crippen LogP contribution in [0.5, 0.6) is 0 Å². The van der Waals surface area contributed by atoms with Crippen LogP contribution in [0, 0.1) is 0 Å². The van der Waals surface area contributed by atoms with Crippen LogP contribution in [0.2, 0.25) is 0 Å². The van der Waals surface area contributed by atoms with Gasteiger partial charge in [0.1, 0.15) is 0 Å². The van der Waals surface area contributed by atoms with Gasteiger partial charge in [0.25, 0.3) is 0 Å². The summed E-state index contributed by atoms with van der Waals surface area (Å²) in [6.07, 6.45) is -4.85. The maximum atomic E-state index is 12.0. The Morgan fingerprint density at radius 3 is 2.13 bits per heavy atom. The molecule has 0 spiro atoms. The second kappa shape index (κ2) is 4.16. The van der Waals surface area contributed by atoms with Gasteiger partial charge < -0.3 is 5.11 Å². The van der Waals surface area contributed by atoms with Crippen LogP contribution in [0.3, 0.4) is 0 Å². The molecule has 0 amide bonds. The SMILES string of the molecule is O=C(O)/C(=C/C(F)(F)F)c1ccccc1. The van der Waals surface area contributed by atoms with E-state index in [2.05, 4.69) is 0 Å². The average molecular weight is 216 g/mol. The summed E-state index contributed by atoms with van der Waals surface area (Å²) in [5, 5.41) is 8.62. The molecule has 0 saturated carbocycles. The van der Waals surface area contributed by atoms with Crippen LogP contribution in [0.1, 0.15) is 5.56 Å². The molecule has 0 heterocycles. The predicted molar refractivity (Wildman–Crippen MR) is 48.1 cm³/mol. The van der Waals surface area contributed by atoms with Gasteiger partial charge >= 0.3 is 12.1 Å². The van der Waals surface area contributed by atoms with E-state index in [1.165, 1.54) is 24.3 Å². The maximum Gasteiger partial charge on any atom is 0.410 e. The summed E-state index contributed by atoms with van der Waals surface area (Å²) in [6, 6.07) is 7.17. The van der Waals surface area contributed by atoms with Gasteiger partial charge in [0, 0.05) is 6.08 Å². The molecule has 0 aliphatic rings. The van der Waals surface area contributed by atoms with Crippen LogP contribution in [-0.4, -0.2) is 17.3 Å². The van der Waals surface area contributed by atoms with E-state index in [4.69, 9.17) is 5.11 Å². The monoisotopic (exact) mass is 216 g/mol. The van der Waals surface area contributed by atoms with E-state index < -0.39 is 17.7 Å². The zero-order valence-corrected chi connectivity index (χ0v) is 7.45. The number of hydrogen-bond donors (Lipinski definition) is 1. The average Bonchev–Trinajstić information content (AvgIpc) is 2.14. The third kappa shape index (κ3) is 3.46. The van der Waals surface area contributed by atoms with Gasteiger partial charge in [-0.15, -0.1) is 0 Å². The minimum Gasteiger partial charge on any atom is -0.478 e. The Balaban J connectivity index is 3.16. The fourth-order valence-electron chi connectivity index (χ4n) is 1.05. The highest BCUT2D eigenvalue weighted by Gasteiger charge is 2.27. The summed E-state index contributed by atoms with van der Waals surface area (Å²) in [4.78, 5) is 10.6. The highest BCUT2D eigenvalue weighted by Crippen LogP contribution is 2.24. The molecule has 0 saturated heterocycles. The van der Waals surface area contributed by atoms with Crippen molar-refractivity contribution in [1.82, 2.24) is 0 Å². The Morgan fingerprint density at radius 2 is 1.73 bits per heavy atom. The Bertz CT molecular complexity index is 379. The molecule has 0 unspecified atom stereocenters. The minimum atomic E-state index is -4.64. The number of aliphatic carboxylic acids is 1. The zero-order chi connectivity index (χ0) is 11.5. The van der Waals surface area contributed by atoms with Crippen LogP contribution in [0.25, 0.3) is 5.57 Å². The van der Waals surface area contributed by atoms with E-state index in [-0.39, 0.29) is 11.6 Å². The number of allylic oxidation sites excluding steroid dienone is 1. The molecule has 1 N–H and O–H groups in total. The standard InChI is InChI=1S/C10H7F3O2/c11-10(12,13)6-8(9(14)15)7-4-2-1-3-5-7/h1-6H,(H,14,15)/b8-6+. The molecular formula is C10H7F3O2. The lowest BCUT2D eigenvalue weighted by molar-refractivity contribution is -0.130. The lowest BCUT2D eigenvalue weighted by Gasteiger charge is -2.04. The predicted octanol–water partition coefficient (Wildman–Crippen LogP) is 2.72. The Morgan fingerprint density at radius 1 is 1.20 bits per heavy atom. The van der Waals surface area contributed by atoms with Crippen LogP contribution in [-0.2, 0) is 4.79 Å². The summed E-state index contributed by atoms with van der Waals surface area (Å²) < 4.78 is 36.0. The summed E-state index contributed by atoms with van der Waals surface area (Å²) in [5.41, 5.74) is -0.731. The van der Waals surface area contributed by atoms with Crippen molar-refractivity contribution >= 4 is 11.5 Å². The van der Waals surface area contributed by atoms with Crippen molar-refractivity contribution in [3.8, 4) is 0 Å². The van der Waals surface area contributed by atoms with Crippen molar-refractivity contribution in [2.75, 3.05) is 0 Å². The van der Waals surface area contributed by atoms with E-state index in [9.17, 15) is 18.0 Å². The van der Waals surface area contributed by atoms with Crippen molar-refractivity contribution in [2.45, 2.75) is 6.18 Å². The summed E-state index contributed by atoms with van der Waals surface area (Å²) >= 11 is 0. The first-order chi connectivity index (χ1) is 6.90. The molecule has 5 heteroatoms. The molecule has 2 nitrogen and oxygen atoms in total. The van der Waals surface area contributed by atoms with E-state index in [1.54, 1.807) is 6.07 Å². The van der Waals surface area contributed by atoms with Crippen LogP contribution in [0.4, 0.5) is 13.2 Å². The van der Waals surface area contributed by atoms with Crippen molar-refractivity contribution in [1.29, 1.82) is 0 Å². The van der Waals surface area contributed by atoms with Crippen LogP contribution >= 0.6 is 0 Å². The third-order valence-corrected chi connectivity index (χ3v) is 1.62. The van der Waals surface area contributed by atoms with Crippen LogP contribution in [0.15, 0.2) is 36.4 Å². The van der Waals surface area contributed by atoms with Gasteiger partial charge in [0.05, 0.1) is 5.57 Å². The van der Waals surface area contributed by atoms with E-state index >= 15 is 0 Å². The first kappa shape index (κ1) is 11.3. The molecule has 1 aromatic carbocycles. The van der Waals surface area contributed by atoms with Crippen molar-refractivity contribution < 1.29 is 23.1 Å². The molecule has 0 bridgehead atoms. The number of benzene rings is 1. The highest BCUT2D eigenvalue weighted by atomic mass is 19.4. The smallest absolute Gasteiger partial charge is 0.410 e. The third-order valence-electron chi connectivity index (χ3n) is 1.62. The van der Waals surface area contributed by atoms with Gasteiger partial charge in [-0.2, -0.15) is 13.2 Å². The Kier molecular flexibility index (Phi) is 3.14. The number of carboxylic acid groups (broad SMARTS) is 1. The van der Waals surface area contributed by atoms with Gasteiger partial charge in [-0.25, -0.2) is 4.79 Å². The van der Waals surface area contributed by atoms with Gasteiger partial charge in [0.2, 0.25) is 0 Å². The number of alkyl halides is 3. The van der Waals surface area contributed by atoms with Gasteiger partial charge in [-0.05, 0) is 5.56 Å². The quantitative estimate of drug-likeness (QED) is 0.771. The maximum absolute atomic E-state index is 12.0. The fraction of sp³-hybridized carbons (Fsp3) is 0.100. The molecule has 80 valence electrons. The largest absolute Gasteiger partial charge is 0.478 e. The topological polar surface area (TPSA) is 37.3 Å². The number of hydrogen-bond acceptors (Lipinski definition) is 1. The number of carboxylic acids is 1. The number of rotatable bonds is 2. The highest BCUT2D eigenvalue weighted by molar-refractivity contribution is 6.15. The second-order valence-electron chi connectivity index (χ2n) is 2.77. The number of carbonyl (C=O) groups is 1. The summed E-state index contributed by atoms with van der Waals surface area (Å²) in [7, 11) is 0. The zero-order valence-electron chi connectivity index (χ0n) is 7.45. The molecule has 1 aromatic rings. The molecule has 0 radical (unpaired) electrons. The summed E-state index contributed by atoms with van der Waals surface area (Å²) in [6.45, 7) is 0. The molecule has 15 heavy (non-hydrogen) atoms. The molecule has 0 atom stereocenters. The minimum absolute atomic E-state index is 0.0299. The lowest BCUT2D eigenvalue weighted by Crippen LogP contribution is -2.08. The number of halogens is 3. The lowest BCUT2D eigenvalue weighted by atomic mass is 10.1.